The molecule has 0 unspecified atom stereocenters. The van der Waals surface area contributed by atoms with Gasteiger partial charge in [-0.25, -0.2) is 8.78 Å². The maximum atomic E-state index is 13.3. The van der Waals surface area contributed by atoms with Gasteiger partial charge >= 0.3 is 0 Å². The zero-order chi connectivity index (χ0) is 10.9. The molecule has 0 aliphatic carbocycles. The molecule has 1 aromatic rings. The van der Waals surface area contributed by atoms with E-state index in [0.717, 1.165) is 12.1 Å². The molecule has 0 bridgehead atoms. The van der Waals surface area contributed by atoms with Gasteiger partial charge in [-0.05, 0) is 18.1 Å². The molecular weight excluding hydrogens is 186 g/mol. The summed E-state index contributed by atoms with van der Waals surface area (Å²) in [5.74, 6) is -1.38. The first-order valence-electron chi connectivity index (χ1n) is 4.43. The first-order chi connectivity index (χ1) is 6.43. The minimum absolute atomic E-state index is 0.0253. The molecule has 0 heterocycles. The van der Waals surface area contributed by atoms with Gasteiger partial charge in [0.1, 0.15) is 11.6 Å². The summed E-state index contributed by atoms with van der Waals surface area (Å²) in [6, 6.07) is 1.52. The topological polar surface area (TPSA) is 52.0 Å². The van der Waals surface area contributed by atoms with Crippen LogP contribution in [-0.2, 0) is 0 Å². The molecule has 1 aromatic carbocycles. The highest BCUT2D eigenvalue weighted by atomic mass is 19.1. The molecule has 14 heavy (non-hydrogen) atoms. The van der Waals surface area contributed by atoms with Crippen LogP contribution in [0.3, 0.4) is 0 Å². The molecule has 2 nitrogen and oxygen atoms in total. The number of rotatable bonds is 2. The fourth-order valence-electron chi connectivity index (χ4n) is 1.26. The van der Waals surface area contributed by atoms with Crippen molar-refractivity contribution in [2.24, 2.45) is 11.7 Å². The molecule has 0 saturated carbocycles. The SMILES string of the molecule is CC(C)[C@@H](N)c1c(F)cc(N)cc1F. The number of anilines is 1. The van der Waals surface area contributed by atoms with Crippen LogP contribution in [0.2, 0.25) is 0 Å². The molecule has 0 saturated heterocycles. The van der Waals surface area contributed by atoms with E-state index in [-0.39, 0.29) is 17.2 Å². The molecule has 4 N–H and O–H groups in total. The fraction of sp³-hybridized carbons (Fsp3) is 0.400. The third kappa shape index (κ3) is 2.01. The average molecular weight is 200 g/mol. The van der Waals surface area contributed by atoms with Gasteiger partial charge in [0.25, 0.3) is 0 Å². The van der Waals surface area contributed by atoms with Gasteiger partial charge in [0.2, 0.25) is 0 Å². The monoisotopic (exact) mass is 200 g/mol. The lowest BCUT2D eigenvalue weighted by molar-refractivity contribution is 0.455. The van der Waals surface area contributed by atoms with Crippen molar-refractivity contribution < 1.29 is 8.78 Å². The molecule has 0 aromatic heterocycles. The van der Waals surface area contributed by atoms with E-state index < -0.39 is 17.7 Å². The molecule has 0 aliphatic rings. The van der Waals surface area contributed by atoms with E-state index in [1.165, 1.54) is 0 Å². The van der Waals surface area contributed by atoms with E-state index in [2.05, 4.69) is 0 Å². The van der Waals surface area contributed by atoms with E-state index in [4.69, 9.17) is 11.5 Å². The molecule has 0 aliphatic heterocycles. The van der Waals surface area contributed by atoms with Crippen LogP contribution in [0.5, 0.6) is 0 Å². The standard InChI is InChI=1S/C10H14F2N2/c1-5(2)10(14)9-7(11)3-6(13)4-8(9)12/h3-5,10H,13-14H2,1-2H3/t10-/m1/s1. The maximum absolute atomic E-state index is 13.3. The third-order valence-corrected chi connectivity index (χ3v) is 2.15. The van der Waals surface area contributed by atoms with Gasteiger partial charge in [0.05, 0.1) is 0 Å². The Kier molecular flexibility index (Phi) is 3.06. The lowest BCUT2D eigenvalue weighted by atomic mass is 9.96. The Bertz CT molecular complexity index is 314. The summed E-state index contributed by atoms with van der Waals surface area (Å²) < 4.78 is 26.6. The van der Waals surface area contributed by atoms with Crippen LogP contribution in [0.1, 0.15) is 25.5 Å². The van der Waals surface area contributed by atoms with Crippen molar-refractivity contribution in [3.05, 3.63) is 29.3 Å². The van der Waals surface area contributed by atoms with Crippen LogP contribution in [0.25, 0.3) is 0 Å². The number of benzene rings is 1. The van der Waals surface area contributed by atoms with Gasteiger partial charge < -0.3 is 11.5 Å². The summed E-state index contributed by atoms with van der Waals surface area (Å²) in [5.41, 5.74) is 10.9. The fourth-order valence-corrected chi connectivity index (χ4v) is 1.26. The number of nitrogens with two attached hydrogens (primary N) is 2. The Morgan fingerprint density at radius 2 is 1.57 bits per heavy atom. The second-order valence-electron chi connectivity index (χ2n) is 3.67. The maximum Gasteiger partial charge on any atom is 0.132 e. The Morgan fingerprint density at radius 3 is 1.93 bits per heavy atom. The van der Waals surface area contributed by atoms with Gasteiger partial charge in [-0.3, -0.25) is 0 Å². The molecule has 0 fully saturated rings. The molecule has 78 valence electrons. The Hall–Kier alpha value is -1.16. The van der Waals surface area contributed by atoms with Gasteiger partial charge in [0.15, 0.2) is 0 Å². The van der Waals surface area contributed by atoms with Crippen molar-refractivity contribution in [1.82, 2.24) is 0 Å². The first-order valence-corrected chi connectivity index (χ1v) is 4.43. The predicted octanol–water partition coefficient (Wildman–Crippen LogP) is 2.20. The van der Waals surface area contributed by atoms with Gasteiger partial charge in [-0.1, -0.05) is 13.8 Å². The smallest absolute Gasteiger partial charge is 0.132 e. The largest absolute Gasteiger partial charge is 0.399 e. The van der Waals surface area contributed by atoms with Crippen molar-refractivity contribution in [2.45, 2.75) is 19.9 Å². The van der Waals surface area contributed by atoms with Crippen LogP contribution in [-0.4, -0.2) is 0 Å². The highest BCUT2D eigenvalue weighted by Gasteiger charge is 2.19. The minimum atomic E-state index is -0.677. The number of nitrogen functional groups attached to an aromatic ring is 1. The van der Waals surface area contributed by atoms with Crippen LogP contribution >= 0.6 is 0 Å². The Balaban J connectivity index is 3.20. The molecule has 0 radical (unpaired) electrons. The van der Waals surface area contributed by atoms with E-state index in [0.29, 0.717) is 0 Å². The normalized spacial score (nSPS) is 13.3. The summed E-state index contributed by atoms with van der Waals surface area (Å²) in [5, 5.41) is 0. The highest BCUT2D eigenvalue weighted by molar-refractivity contribution is 5.42. The highest BCUT2D eigenvalue weighted by Crippen LogP contribution is 2.26. The van der Waals surface area contributed by atoms with Crippen LogP contribution in [0, 0.1) is 17.6 Å². The molecule has 0 spiro atoms. The summed E-state index contributed by atoms with van der Waals surface area (Å²) >= 11 is 0. The zero-order valence-electron chi connectivity index (χ0n) is 8.22. The molecule has 1 rings (SSSR count). The van der Waals surface area contributed by atoms with Crippen molar-refractivity contribution >= 4 is 5.69 Å². The van der Waals surface area contributed by atoms with E-state index in [9.17, 15) is 8.78 Å². The minimum Gasteiger partial charge on any atom is -0.399 e. The van der Waals surface area contributed by atoms with Crippen molar-refractivity contribution in [1.29, 1.82) is 0 Å². The summed E-state index contributed by atoms with van der Waals surface area (Å²) in [6.45, 7) is 3.61. The number of halogens is 2. The van der Waals surface area contributed by atoms with Crippen LogP contribution in [0.4, 0.5) is 14.5 Å². The van der Waals surface area contributed by atoms with Crippen LogP contribution in [0.15, 0.2) is 12.1 Å². The second-order valence-corrected chi connectivity index (χ2v) is 3.67. The quantitative estimate of drug-likeness (QED) is 0.719. The Labute approximate surface area is 81.9 Å². The summed E-state index contributed by atoms with van der Waals surface area (Å²) in [6.07, 6.45) is 0. The first kappa shape index (κ1) is 10.9. The van der Waals surface area contributed by atoms with Crippen molar-refractivity contribution in [3.8, 4) is 0 Å². The molecule has 0 amide bonds. The second kappa shape index (κ2) is 3.92. The summed E-state index contributed by atoms with van der Waals surface area (Å²) in [7, 11) is 0. The zero-order valence-corrected chi connectivity index (χ0v) is 8.22. The van der Waals surface area contributed by atoms with Gasteiger partial charge in [0, 0.05) is 17.3 Å². The van der Waals surface area contributed by atoms with E-state index in [1.54, 1.807) is 13.8 Å². The molecule has 4 heteroatoms. The lowest BCUT2D eigenvalue weighted by Crippen LogP contribution is -2.20. The number of hydrogen-bond donors (Lipinski definition) is 2. The van der Waals surface area contributed by atoms with Crippen molar-refractivity contribution in [3.63, 3.8) is 0 Å². The van der Waals surface area contributed by atoms with E-state index >= 15 is 0 Å². The van der Waals surface area contributed by atoms with E-state index in [1.807, 2.05) is 0 Å². The lowest BCUT2D eigenvalue weighted by Gasteiger charge is -2.17. The van der Waals surface area contributed by atoms with Crippen LogP contribution < -0.4 is 11.5 Å². The molecule has 1 atom stereocenters. The van der Waals surface area contributed by atoms with Crippen molar-refractivity contribution in [2.75, 3.05) is 5.73 Å². The number of hydrogen-bond acceptors (Lipinski definition) is 2. The Morgan fingerprint density at radius 1 is 1.14 bits per heavy atom. The average Bonchev–Trinajstić information content (AvgIpc) is 2.01. The van der Waals surface area contributed by atoms with Gasteiger partial charge in [-0.15, -0.1) is 0 Å². The molecular formula is C10H14F2N2. The van der Waals surface area contributed by atoms with Gasteiger partial charge in [-0.2, -0.15) is 0 Å². The summed E-state index contributed by atoms with van der Waals surface area (Å²) in [4.78, 5) is 0. The third-order valence-electron chi connectivity index (χ3n) is 2.15. The predicted molar refractivity (Wildman–Crippen MR) is 52.5 cm³/mol.